The minimum Gasteiger partial charge on any atom is -0.354 e. The van der Waals surface area contributed by atoms with Crippen LogP contribution in [-0.4, -0.2) is 31.1 Å². The van der Waals surface area contributed by atoms with Gasteiger partial charge >= 0.3 is 12.1 Å². The summed E-state index contributed by atoms with van der Waals surface area (Å²) in [5.74, 6) is -3.27. The monoisotopic (exact) mass is 292 g/mol. The van der Waals surface area contributed by atoms with Crippen LogP contribution in [0.15, 0.2) is 24.3 Å². The molecule has 0 atom stereocenters. The van der Waals surface area contributed by atoms with E-state index in [9.17, 15) is 27.2 Å². The zero-order valence-corrected chi connectivity index (χ0v) is 10.3. The Morgan fingerprint density at radius 3 is 2.20 bits per heavy atom. The van der Waals surface area contributed by atoms with Crippen molar-refractivity contribution in [2.75, 3.05) is 13.1 Å². The predicted molar refractivity (Wildman–Crippen MR) is 62.2 cm³/mol. The maximum absolute atomic E-state index is 12.6. The van der Waals surface area contributed by atoms with Gasteiger partial charge in [-0.25, -0.2) is 4.39 Å². The molecular formula is C12H12F4N2O2. The average Bonchev–Trinajstić information content (AvgIpc) is 2.37. The first kappa shape index (κ1) is 15.9. The zero-order chi connectivity index (χ0) is 15.2. The Morgan fingerprint density at radius 1 is 1.05 bits per heavy atom. The number of carbonyl (C=O) groups is 2. The van der Waals surface area contributed by atoms with Crippen molar-refractivity contribution in [1.29, 1.82) is 0 Å². The molecule has 1 aromatic carbocycles. The molecule has 110 valence electrons. The lowest BCUT2D eigenvalue weighted by Crippen LogP contribution is -2.43. The number of halogens is 4. The molecule has 0 fully saturated rings. The van der Waals surface area contributed by atoms with Gasteiger partial charge in [-0.05, 0) is 24.1 Å². The van der Waals surface area contributed by atoms with Gasteiger partial charge in [-0.3, -0.25) is 9.59 Å². The summed E-state index contributed by atoms with van der Waals surface area (Å²) in [6.45, 7) is -0.575. The van der Waals surface area contributed by atoms with Gasteiger partial charge in [-0.1, -0.05) is 12.1 Å². The second kappa shape index (κ2) is 6.88. The fourth-order valence-electron chi connectivity index (χ4n) is 1.32. The Balaban J connectivity index is 2.24. The first-order valence-corrected chi connectivity index (χ1v) is 5.65. The van der Waals surface area contributed by atoms with Crippen molar-refractivity contribution in [2.45, 2.75) is 12.6 Å². The Hall–Kier alpha value is -2.12. The smallest absolute Gasteiger partial charge is 0.354 e. The maximum atomic E-state index is 12.6. The minimum absolute atomic E-state index is 0.173. The van der Waals surface area contributed by atoms with Crippen molar-refractivity contribution < 1.29 is 27.2 Å². The van der Waals surface area contributed by atoms with Gasteiger partial charge in [-0.15, -0.1) is 0 Å². The summed E-state index contributed by atoms with van der Waals surface area (Å²) in [6, 6.07) is 5.60. The second-order valence-electron chi connectivity index (χ2n) is 3.91. The van der Waals surface area contributed by atoms with Crippen molar-refractivity contribution in [1.82, 2.24) is 10.6 Å². The van der Waals surface area contributed by atoms with Gasteiger partial charge in [0.25, 0.3) is 0 Å². The lowest BCUT2D eigenvalue weighted by Gasteiger charge is -2.08. The van der Waals surface area contributed by atoms with E-state index < -0.39 is 24.5 Å². The highest BCUT2D eigenvalue weighted by Crippen LogP contribution is 2.13. The second-order valence-corrected chi connectivity index (χ2v) is 3.91. The summed E-state index contributed by atoms with van der Waals surface area (Å²) < 4.78 is 48.1. The molecule has 0 aliphatic carbocycles. The molecule has 8 heteroatoms. The molecule has 0 bridgehead atoms. The van der Waals surface area contributed by atoms with E-state index in [-0.39, 0.29) is 12.4 Å². The minimum atomic E-state index is -5.01. The first-order chi connectivity index (χ1) is 9.29. The number of hydrogen-bond donors (Lipinski definition) is 2. The van der Waals surface area contributed by atoms with E-state index in [1.807, 2.05) is 0 Å². The van der Waals surface area contributed by atoms with E-state index in [2.05, 4.69) is 5.32 Å². The van der Waals surface area contributed by atoms with Crippen LogP contribution in [0, 0.1) is 5.82 Å². The third kappa shape index (κ3) is 5.68. The Kier molecular flexibility index (Phi) is 5.48. The molecule has 0 heterocycles. The van der Waals surface area contributed by atoms with Crippen molar-refractivity contribution >= 4 is 11.8 Å². The molecule has 0 aliphatic rings. The van der Waals surface area contributed by atoms with Crippen LogP contribution in [0.5, 0.6) is 0 Å². The van der Waals surface area contributed by atoms with Crippen molar-refractivity contribution in [3.63, 3.8) is 0 Å². The van der Waals surface area contributed by atoms with Gasteiger partial charge in [0.15, 0.2) is 0 Å². The highest BCUT2D eigenvalue weighted by atomic mass is 19.4. The van der Waals surface area contributed by atoms with Crippen molar-refractivity contribution in [3.8, 4) is 0 Å². The summed E-state index contributed by atoms with van der Waals surface area (Å²) in [5.41, 5.74) is 0.769. The molecule has 0 saturated heterocycles. The number of rotatable bonds is 5. The molecule has 0 saturated carbocycles. The molecule has 1 rings (SSSR count). The van der Waals surface area contributed by atoms with Gasteiger partial charge in [0.1, 0.15) is 5.82 Å². The zero-order valence-electron chi connectivity index (χ0n) is 10.3. The Morgan fingerprint density at radius 2 is 1.65 bits per heavy atom. The third-order valence-electron chi connectivity index (χ3n) is 2.32. The number of nitrogens with one attached hydrogen (secondary N) is 2. The number of benzene rings is 1. The quantitative estimate of drug-likeness (QED) is 0.800. The van der Waals surface area contributed by atoms with Crippen LogP contribution in [0.3, 0.4) is 0 Å². The first-order valence-electron chi connectivity index (χ1n) is 5.65. The number of carbonyl (C=O) groups excluding carboxylic acids is 2. The molecule has 0 aliphatic heterocycles. The molecule has 2 N–H and O–H groups in total. The molecule has 0 radical (unpaired) electrons. The van der Waals surface area contributed by atoms with E-state index >= 15 is 0 Å². The fourth-order valence-corrected chi connectivity index (χ4v) is 1.32. The van der Waals surface area contributed by atoms with Crippen LogP contribution in [0.1, 0.15) is 5.56 Å². The molecular weight excluding hydrogens is 280 g/mol. The van der Waals surface area contributed by atoms with Crippen LogP contribution in [0.4, 0.5) is 17.6 Å². The third-order valence-corrected chi connectivity index (χ3v) is 2.32. The van der Waals surface area contributed by atoms with E-state index in [1.54, 1.807) is 0 Å². The van der Waals surface area contributed by atoms with Gasteiger partial charge in [0, 0.05) is 6.54 Å². The highest BCUT2D eigenvalue weighted by Gasteiger charge is 2.38. The van der Waals surface area contributed by atoms with E-state index in [1.165, 1.54) is 29.6 Å². The lowest BCUT2D eigenvalue weighted by atomic mass is 10.1. The summed E-state index contributed by atoms with van der Waals surface area (Å²) in [5, 5.41) is 3.79. The Labute approximate surface area is 112 Å². The summed E-state index contributed by atoms with van der Waals surface area (Å²) in [6.07, 6.45) is -4.60. The normalized spacial score (nSPS) is 11.0. The Bertz CT molecular complexity index is 471. The summed E-state index contributed by atoms with van der Waals surface area (Å²) >= 11 is 0. The fraction of sp³-hybridized carbons (Fsp3) is 0.333. The molecule has 20 heavy (non-hydrogen) atoms. The maximum Gasteiger partial charge on any atom is 0.471 e. The van der Waals surface area contributed by atoms with Gasteiger partial charge in [0.05, 0.1) is 6.54 Å². The molecule has 2 amide bonds. The van der Waals surface area contributed by atoms with E-state index in [0.717, 1.165) is 5.56 Å². The van der Waals surface area contributed by atoms with E-state index in [4.69, 9.17) is 0 Å². The molecule has 0 spiro atoms. The number of hydrogen-bond acceptors (Lipinski definition) is 2. The lowest BCUT2D eigenvalue weighted by molar-refractivity contribution is -0.173. The van der Waals surface area contributed by atoms with Crippen LogP contribution in [0.2, 0.25) is 0 Å². The van der Waals surface area contributed by atoms with Crippen LogP contribution in [-0.2, 0) is 16.0 Å². The largest absolute Gasteiger partial charge is 0.471 e. The number of amides is 2. The van der Waals surface area contributed by atoms with Gasteiger partial charge in [-0.2, -0.15) is 13.2 Å². The van der Waals surface area contributed by atoms with Crippen molar-refractivity contribution in [3.05, 3.63) is 35.6 Å². The topological polar surface area (TPSA) is 58.2 Å². The highest BCUT2D eigenvalue weighted by molar-refractivity contribution is 5.87. The van der Waals surface area contributed by atoms with Gasteiger partial charge < -0.3 is 10.6 Å². The molecule has 1 aromatic rings. The molecule has 0 aromatic heterocycles. The van der Waals surface area contributed by atoms with Gasteiger partial charge in [0.2, 0.25) is 5.91 Å². The number of alkyl halides is 3. The van der Waals surface area contributed by atoms with Crippen LogP contribution >= 0.6 is 0 Å². The van der Waals surface area contributed by atoms with Crippen molar-refractivity contribution in [2.24, 2.45) is 0 Å². The SMILES string of the molecule is O=C(CNC(=O)C(F)(F)F)NCCc1ccc(F)cc1. The predicted octanol–water partition coefficient (Wildman–Crippen LogP) is 1.16. The molecule has 0 unspecified atom stereocenters. The van der Waals surface area contributed by atoms with Crippen LogP contribution in [0.25, 0.3) is 0 Å². The summed E-state index contributed by atoms with van der Waals surface area (Å²) in [4.78, 5) is 21.6. The average molecular weight is 292 g/mol. The summed E-state index contributed by atoms with van der Waals surface area (Å²) in [7, 11) is 0. The molecule has 4 nitrogen and oxygen atoms in total. The standard InChI is InChI=1S/C12H12F4N2O2/c13-9-3-1-8(2-4-9)5-6-17-10(19)7-18-11(20)12(14,15)16/h1-4H,5-7H2,(H,17,19)(H,18,20). The van der Waals surface area contributed by atoms with Crippen LogP contribution < -0.4 is 10.6 Å². The van der Waals surface area contributed by atoms with E-state index in [0.29, 0.717) is 6.42 Å².